The van der Waals surface area contributed by atoms with Crippen molar-refractivity contribution in [2.75, 3.05) is 19.7 Å². The predicted molar refractivity (Wildman–Crippen MR) is 91.6 cm³/mol. The van der Waals surface area contributed by atoms with Gasteiger partial charge in [0.15, 0.2) is 0 Å². The Morgan fingerprint density at radius 3 is 2.79 bits per heavy atom. The largest absolute Gasteiger partial charge is 0.467 e. The molecule has 0 aliphatic carbocycles. The topological polar surface area (TPSA) is 54.7 Å². The first-order chi connectivity index (χ1) is 11.8. The third kappa shape index (κ3) is 4.86. The zero-order valence-electron chi connectivity index (χ0n) is 13.8. The molecule has 5 heteroatoms. The Kier molecular flexibility index (Phi) is 5.90. The maximum Gasteiger partial charge on any atom is 0.317 e. The van der Waals surface area contributed by atoms with Crippen LogP contribution in [0, 0.1) is 0 Å². The molecule has 1 fully saturated rings. The number of nitrogens with one attached hydrogen (secondary N) is 1. The molecule has 1 aromatic heterocycles. The van der Waals surface area contributed by atoms with Crippen LogP contribution < -0.4 is 5.32 Å². The van der Waals surface area contributed by atoms with E-state index in [1.165, 1.54) is 5.56 Å². The molecule has 1 atom stereocenters. The molecule has 1 aliphatic rings. The van der Waals surface area contributed by atoms with Crippen molar-refractivity contribution >= 4 is 6.03 Å². The fraction of sp³-hybridized carbons (Fsp3) is 0.421. The van der Waals surface area contributed by atoms with Crippen molar-refractivity contribution in [2.24, 2.45) is 0 Å². The van der Waals surface area contributed by atoms with E-state index in [2.05, 4.69) is 17.4 Å². The summed E-state index contributed by atoms with van der Waals surface area (Å²) in [7, 11) is 0. The van der Waals surface area contributed by atoms with Crippen LogP contribution in [-0.4, -0.2) is 36.7 Å². The standard InChI is InChI=1S/C19H24N2O3/c22-19(20-14-17-8-4-12-23-17)21(15-18-9-5-13-24-18)11-10-16-6-2-1-3-7-16/h1-3,5-7,9,13,17H,4,8,10-12,14-15H2,(H,20,22)/t17-/m1/s1. The molecule has 0 saturated carbocycles. The van der Waals surface area contributed by atoms with Gasteiger partial charge in [-0.05, 0) is 37.0 Å². The van der Waals surface area contributed by atoms with Gasteiger partial charge in [-0.3, -0.25) is 0 Å². The Morgan fingerprint density at radius 2 is 2.08 bits per heavy atom. The maximum absolute atomic E-state index is 12.6. The molecule has 2 amide bonds. The van der Waals surface area contributed by atoms with Crippen LogP contribution in [0.3, 0.4) is 0 Å². The quantitative estimate of drug-likeness (QED) is 0.849. The molecular weight excluding hydrogens is 304 g/mol. The van der Waals surface area contributed by atoms with Gasteiger partial charge in [0.25, 0.3) is 0 Å². The molecule has 3 rings (SSSR count). The number of hydrogen-bond donors (Lipinski definition) is 1. The number of carbonyl (C=O) groups is 1. The van der Waals surface area contributed by atoms with Gasteiger partial charge in [0, 0.05) is 19.7 Å². The molecule has 1 N–H and O–H groups in total. The fourth-order valence-electron chi connectivity index (χ4n) is 2.87. The van der Waals surface area contributed by atoms with Crippen molar-refractivity contribution in [1.29, 1.82) is 0 Å². The summed E-state index contributed by atoms with van der Waals surface area (Å²) >= 11 is 0. The van der Waals surface area contributed by atoms with Gasteiger partial charge < -0.3 is 19.4 Å². The number of amides is 2. The third-order valence-corrected chi connectivity index (χ3v) is 4.23. The van der Waals surface area contributed by atoms with E-state index in [4.69, 9.17) is 9.15 Å². The minimum absolute atomic E-state index is 0.0715. The van der Waals surface area contributed by atoms with Gasteiger partial charge in [-0.15, -0.1) is 0 Å². The first kappa shape index (κ1) is 16.6. The molecule has 1 aromatic carbocycles. The Bertz CT molecular complexity index is 607. The van der Waals surface area contributed by atoms with Crippen molar-refractivity contribution in [3.8, 4) is 0 Å². The predicted octanol–water partition coefficient (Wildman–Crippen LogP) is 3.21. The molecule has 1 aliphatic heterocycles. The van der Waals surface area contributed by atoms with Crippen molar-refractivity contribution in [1.82, 2.24) is 10.2 Å². The van der Waals surface area contributed by atoms with Gasteiger partial charge in [0.2, 0.25) is 0 Å². The van der Waals surface area contributed by atoms with Gasteiger partial charge in [0.1, 0.15) is 5.76 Å². The van der Waals surface area contributed by atoms with E-state index in [9.17, 15) is 4.79 Å². The lowest BCUT2D eigenvalue weighted by atomic mass is 10.1. The number of benzene rings is 1. The molecule has 0 unspecified atom stereocenters. The van der Waals surface area contributed by atoms with Crippen LogP contribution in [0.2, 0.25) is 0 Å². The minimum atomic E-state index is -0.0715. The Hall–Kier alpha value is -2.27. The number of nitrogens with zero attached hydrogens (tertiary/aromatic N) is 1. The van der Waals surface area contributed by atoms with Gasteiger partial charge in [-0.1, -0.05) is 30.3 Å². The fourth-order valence-corrected chi connectivity index (χ4v) is 2.87. The molecule has 0 bridgehead atoms. The third-order valence-electron chi connectivity index (χ3n) is 4.23. The second-order valence-electron chi connectivity index (χ2n) is 6.06. The lowest BCUT2D eigenvalue weighted by molar-refractivity contribution is 0.108. The van der Waals surface area contributed by atoms with E-state index < -0.39 is 0 Å². The lowest BCUT2D eigenvalue weighted by Crippen LogP contribution is -2.43. The van der Waals surface area contributed by atoms with Gasteiger partial charge in [0.05, 0.1) is 18.9 Å². The van der Waals surface area contributed by atoms with Crippen LogP contribution in [0.25, 0.3) is 0 Å². The highest BCUT2D eigenvalue weighted by Crippen LogP contribution is 2.12. The summed E-state index contributed by atoms with van der Waals surface area (Å²) in [5, 5.41) is 2.99. The van der Waals surface area contributed by atoms with Crippen LogP contribution in [-0.2, 0) is 17.7 Å². The van der Waals surface area contributed by atoms with E-state index in [1.54, 1.807) is 11.2 Å². The van der Waals surface area contributed by atoms with Crippen molar-refractivity contribution in [3.05, 3.63) is 60.1 Å². The van der Waals surface area contributed by atoms with Crippen LogP contribution in [0.5, 0.6) is 0 Å². The Labute approximate surface area is 142 Å². The zero-order valence-corrected chi connectivity index (χ0v) is 13.8. The number of urea groups is 1. The molecular formula is C19H24N2O3. The molecule has 0 radical (unpaired) electrons. The van der Waals surface area contributed by atoms with E-state index in [-0.39, 0.29) is 12.1 Å². The lowest BCUT2D eigenvalue weighted by Gasteiger charge is -2.23. The summed E-state index contributed by atoms with van der Waals surface area (Å²) in [5.41, 5.74) is 1.22. The first-order valence-corrected chi connectivity index (χ1v) is 8.52. The number of furan rings is 1. The molecule has 2 heterocycles. The number of hydrogen-bond acceptors (Lipinski definition) is 3. The van der Waals surface area contributed by atoms with Crippen LogP contribution in [0.1, 0.15) is 24.2 Å². The minimum Gasteiger partial charge on any atom is -0.467 e. The first-order valence-electron chi connectivity index (χ1n) is 8.52. The van der Waals surface area contributed by atoms with E-state index >= 15 is 0 Å². The summed E-state index contributed by atoms with van der Waals surface area (Å²) < 4.78 is 11.0. The highest BCUT2D eigenvalue weighted by molar-refractivity contribution is 5.74. The second-order valence-corrected chi connectivity index (χ2v) is 6.06. The van der Waals surface area contributed by atoms with Crippen LogP contribution >= 0.6 is 0 Å². The highest BCUT2D eigenvalue weighted by atomic mass is 16.5. The SMILES string of the molecule is O=C(NC[C@H]1CCCO1)N(CCc1ccccc1)Cc1ccco1. The molecule has 128 valence electrons. The van der Waals surface area contributed by atoms with Crippen molar-refractivity contribution < 1.29 is 13.9 Å². The highest BCUT2D eigenvalue weighted by Gasteiger charge is 2.19. The smallest absolute Gasteiger partial charge is 0.317 e. The number of rotatable bonds is 7. The average molecular weight is 328 g/mol. The molecule has 24 heavy (non-hydrogen) atoms. The monoisotopic (exact) mass is 328 g/mol. The molecule has 2 aromatic rings. The van der Waals surface area contributed by atoms with Crippen molar-refractivity contribution in [3.63, 3.8) is 0 Å². The number of ether oxygens (including phenoxy) is 1. The summed E-state index contributed by atoms with van der Waals surface area (Å²) in [6.45, 7) is 2.47. The summed E-state index contributed by atoms with van der Waals surface area (Å²) in [4.78, 5) is 14.4. The normalized spacial score (nSPS) is 16.9. The maximum atomic E-state index is 12.6. The number of carbonyl (C=O) groups excluding carboxylic acids is 1. The summed E-state index contributed by atoms with van der Waals surface area (Å²) in [6.07, 6.45) is 4.69. The Morgan fingerprint density at radius 1 is 1.21 bits per heavy atom. The van der Waals surface area contributed by atoms with Crippen LogP contribution in [0.4, 0.5) is 4.79 Å². The van der Waals surface area contributed by atoms with Gasteiger partial charge >= 0.3 is 6.03 Å². The second kappa shape index (κ2) is 8.55. The van der Waals surface area contributed by atoms with E-state index in [0.717, 1.165) is 31.6 Å². The Balaban J connectivity index is 1.56. The van der Waals surface area contributed by atoms with Gasteiger partial charge in [-0.25, -0.2) is 4.79 Å². The summed E-state index contributed by atoms with van der Waals surface area (Å²) in [6, 6.07) is 13.9. The molecule has 5 nitrogen and oxygen atoms in total. The van der Waals surface area contributed by atoms with E-state index in [0.29, 0.717) is 19.6 Å². The average Bonchev–Trinajstić information content (AvgIpc) is 3.31. The van der Waals surface area contributed by atoms with Crippen LogP contribution in [0.15, 0.2) is 53.1 Å². The van der Waals surface area contributed by atoms with Crippen molar-refractivity contribution in [2.45, 2.75) is 31.9 Å². The van der Waals surface area contributed by atoms with Gasteiger partial charge in [-0.2, -0.15) is 0 Å². The zero-order chi connectivity index (χ0) is 16.6. The molecule has 1 saturated heterocycles. The van der Waals surface area contributed by atoms with E-state index in [1.807, 2.05) is 30.3 Å². The summed E-state index contributed by atoms with van der Waals surface area (Å²) in [5.74, 6) is 0.787. The molecule has 0 spiro atoms.